The predicted octanol–water partition coefficient (Wildman–Crippen LogP) is 0.774. The van der Waals surface area contributed by atoms with Crippen LogP contribution in [-0.2, 0) is 0 Å². The van der Waals surface area contributed by atoms with Gasteiger partial charge >= 0.3 is 0 Å². The molecule has 1 aliphatic carbocycles. The number of hydrogen-bond donors (Lipinski definition) is 2. The molecule has 1 aromatic carbocycles. The Kier molecular flexibility index (Phi) is 5.32. The Balaban J connectivity index is 1.97. The predicted molar refractivity (Wildman–Crippen MR) is 112 cm³/mol. The zero-order valence-corrected chi connectivity index (χ0v) is 17.4. The molecule has 29 heavy (non-hydrogen) atoms. The van der Waals surface area contributed by atoms with E-state index in [-0.39, 0.29) is 12.1 Å². The van der Waals surface area contributed by atoms with Gasteiger partial charge in [-0.3, -0.25) is 0 Å². The summed E-state index contributed by atoms with van der Waals surface area (Å²) in [5.74, 6) is 2.08. The first-order valence-corrected chi connectivity index (χ1v) is 10.0. The number of methoxy groups -OCH3 is 1. The number of aliphatic hydroxyl groups is 1. The van der Waals surface area contributed by atoms with Crippen molar-refractivity contribution in [2.24, 2.45) is 0 Å². The summed E-state index contributed by atoms with van der Waals surface area (Å²) in [4.78, 5) is 10.8. The van der Waals surface area contributed by atoms with Gasteiger partial charge in [-0.1, -0.05) is 0 Å². The van der Waals surface area contributed by atoms with Gasteiger partial charge in [-0.25, -0.2) is 9.97 Å². The number of nitrogens with one attached hydrogen (secondary N) is 1. The summed E-state index contributed by atoms with van der Waals surface area (Å²) >= 11 is 0. The molecule has 7 nitrogen and oxygen atoms in total. The van der Waals surface area contributed by atoms with Crippen molar-refractivity contribution in [3.63, 3.8) is 0 Å². The van der Waals surface area contributed by atoms with Crippen LogP contribution in [0.5, 0.6) is 11.5 Å². The number of aromatic nitrogens is 2. The van der Waals surface area contributed by atoms with E-state index in [4.69, 9.17) is 9.47 Å². The average Bonchev–Trinajstić information content (AvgIpc) is 2.73. The molecule has 0 bridgehead atoms. The minimum atomic E-state index is -0.308. The van der Waals surface area contributed by atoms with Crippen LogP contribution >= 0.6 is 0 Å². The van der Waals surface area contributed by atoms with Crippen LogP contribution in [0.25, 0.3) is 11.3 Å². The maximum Gasteiger partial charge on any atom is 0.224 e. The highest BCUT2D eigenvalue weighted by molar-refractivity contribution is 5.72. The molecule has 2 aliphatic rings. The van der Waals surface area contributed by atoms with Crippen molar-refractivity contribution in [1.82, 2.24) is 15.3 Å². The average molecular weight is 396 g/mol. The Morgan fingerprint density at radius 2 is 1.86 bits per heavy atom. The smallest absolute Gasteiger partial charge is 0.224 e. The first-order chi connectivity index (χ1) is 14.0. The van der Waals surface area contributed by atoms with Gasteiger partial charge in [0.15, 0.2) is 11.5 Å². The van der Waals surface area contributed by atoms with E-state index >= 15 is 0 Å². The number of rotatable bonds is 5. The molecule has 4 rings (SSSR count). The fraction of sp³-hybridized carbons (Fsp3) is 0.455. The lowest BCUT2D eigenvalue weighted by atomic mass is 9.83. The highest BCUT2D eigenvalue weighted by atomic mass is 16.5. The summed E-state index contributed by atoms with van der Waals surface area (Å²) < 4.78 is 11.4. The van der Waals surface area contributed by atoms with Gasteiger partial charge in [0, 0.05) is 43.3 Å². The first-order valence-electron chi connectivity index (χ1n) is 10.0. The van der Waals surface area contributed by atoms with Crippen LogP contribution in [-0.4, -0.2) is 55.0 Å². The Bertz CT molecular complexity index is 1020. The molecular formula is C22H28N4O3. The third-order valence-corrected chi connectivity index (χ3v) is 5.53. The molecule has 0 spiro atoms. The van der Waals surface area contributed by atoms with E-state index in [9.17, 15) is 5.11 Å². The van der Waals surface area contributed by atoms with Crippen molar-refractivity contribution in [3.05, 3.63) is 40.5 Å². The van der Waals surface area contributed by atoms with E-state index in [2.05, 4.69) is 15.3 Å². The third kappa shape index (κ3) is 3.62. The maximum atomic E-state index is 10.3. The van der Waals surface area contributed by atoms with Crippen molar-refractivity contribution < 1.29 is 14.6 Å². The fourth-order valence-corrected chi connectivity index (χ4v) is 4.12. The van der Waals surface area contributed by atoms with Crippen LogP contribution in [0.4, 0.5) is 5.95 Å². The second kappa shape index (κ2) is 7.91. The number of nitrogens with zero attached hydrogens (tertiary/aromatic N) is 3. The Morgan fingerprint density at radius 3 is 2.52 bits per heavy atom. The highest BCUT2D eigenvalue weighted by Gasteiger charge is 2.29. The van der Waals surface area contributed by atoms with E-state index in [1.807, 2.05) is 50.4 Å². The van der Waals surface area contributed by atoms with Crippen LogP contribution in [0.3, 0.4) is 0 Å². The molecule has 1 fully saturated rings. The molecule has 0 radical (unpaired) electrons. The highest BCUT2D eigenvalue weighted by Crippen LogP contribution is 2.30. The maximum absolute atomic E-state index is 10.3. The van der Waals surface area contributed by atoms with Gasteiger partial charge in [-0.2, -0.15) is 0 Å². The van der Waals surface area contributed by atoms with Gasteiger partial charge in [0.2, 0.25) is 5.95 Å². The van der Waals surface area contributed by atoms with Crippen LogP contribution < -0.4 is 30.1 Å². The van der Waals surface area contributed by atoms with Crippen LogP contribution in [0, 0.1) is 0 Å². The van der Waals surface area contributed by atoms with Crippen LogP contribution in [0.2, 0.25) is 0 Å². The van der Waals surface area contributed by atoms with E-state index in [0.29, 0.717) is 24.7 Å². The standard InChI is InChI=1S/C22H28N4O3/c1-5-29-20-9-15-16-8-14(27)6-7-18(16)25-21(17(15)10-19(20)28-4)13-11-23-22(24-12-13)26(2)3/h9-12,14,18,25,27H,5-8H2,1-4H3/t14-,18-/m1/s1. The molecule has 0 unspecified atom stereocenters. The van der Waals surface area contributed by atoms with Crippen LogP contribution in [0.15, 0.2) is 24.5 Å². The molecule has 2 atom stereocenters. The minimum absolute atomic E-state index is 0.178. The summed E-state index contributed by atoms with van der Waals surface area (Å²) in [5.41, 5.74) is 3.13. The Morgan fingerprint density at radius 1 is 1.14 bits per heavy atom. The van der Waals surface area contributed by atoms with Gasteiger partial charge in [0.1, 0.15) is 0 Å². The van der Waals surface area contributed by atoms with Gasteiger partial charge in [0.05, 0.1) is 25.5 Å². The molecule has 1 aromatic heterocycles. The number of ether oxygens (including phenoxy) is 2. The number of anilines is 1. The Labute approximate surface area is 170 Å². The number of aliphatic hydroxyl groups excluding tert-OH is 1. The van der Waals surface area contributed by atoms with Crippen molar-refractivity contribution in [3.8, 4) is 11.5 Å². The van der Waals surface area contributed by atoms with Crippen LogP contribution in [0.1, 0.15) is 31.7 Å². The number of benzene rings is 1. The van der Waals surface area contributed by atoms with E-state index in [0.717, 1.165) is 40.3 Å². The van der Waals surface area contributed by atoms with Gasteiger partial charge in [0.25, 0.3) is 0 Å². The lowest BCUT2D eigenvalue weighted by Crippen LogP contribution is -2.49. The lowest BCUT2D eigenvalue weighted by molar-refractivity contribution is 0.152. The molecule has 0 saturated heterocycles. The zero-order valence-electron chi connectivity index (χ0n) is 17.4. The van der Waals surface area contributed by atoms with Gasteiger partial charge in [-0.15, -0.1) is 0 Å². The summed E-state index contributed by atoms with van der Waals surface area (Å²) in [5, 5.41) is 16.1. The topological polar surface area (TPSA) is 79.7 Å². The summed E-state index contributed by atoms with van der Waals surface area (Å²) in [6.45, 7) is 2.52. The summed E-state index contributed by atoms with van der Waals surface area (Å²) in [6.07, 6.45) is 5.71. The fourth-order valence-electron chi connectivity index (χ4n) is 4.12. The van der Waals surface area contributed by atoms with E-state index in [1.54, 1.807) is 7.11 Å². The molecule has 0 amide bonds. The lowest BCUT2D eigenvalue weighted by Gasteiger charge is -2.34. The molecule has 1 aliphatic heterocycles. The molecule has 2 aromatic rings. The second-order valence-corrected chi connectivity index (χ2v) is 7.68. The summed E-state index contributed by atoms with van der Waals surface area (Å²) in [6, 6.07) is 4.23. The second-order valence-electron chi connectivity index (χ2n) is 7.68. The molecule has 154 valence electrons. The van der Waals surface area contributed by atoms with E-state index in [1.165, 1.54) is 5.57 Å². The molecule has 2 N–H and O–H groups in total. The van der Waals surface area contributed by atoms with Gasteiger partial charge < -0.3 is 24.8 Å². The molecule has 7 heteroatoms. The zero-order chi connectivity index (χ0) is 20.5. The largest absolute Gasteiger partial charge is 0.493 e. The normalized spacial score (nSPS) is 20.4. The van der Waals surface area contributed by atoms with Crippen molar-refractivity contribution in [1.29, 1.82) is 0 Å². The summed E-state index contributed by atoms with van der Waals surface area (Å²) in [7, 11) is 5.49. The third-order valence-electron chi connectivity index (χ3n) is 5.53. The van der Waals surface area contributed by atoms with Crippen molar-refractivity contribution in [2.45, 2.75) is 38.3 Å². The van der Waals surface area contributed by atoms with E-state index < -0.39 is 0 Å². The van der Waals surface area contributed by atoms with Crippen molar-refractivity contribution in [2.75, 3.05) is 32.7 Å². The van der Waals surface area contributed by atoms with Gasteiger partial charge in [-0.05, 0) is 49.1 Å². The Hall–Kier alpha value is -2.80. The number of hydrogen-bond acceptors (Lipinski definition) is 7. The first kappa shape index (κ1) is 19.5. The van der Waals surface area contributed by atoms with Crippen molar-refractivity contribution >= 4 is 17.2 Å². The molecule has 1 saturated carbocycles. The monoisotopic (exact) mass is 396 g/mol. The number of fused-ring (bicyclic) bond motifs is 2. The minimum Gasteiger partial charge on any atom is -0.493 e. The molecule has 2 heterocycles. The quantitative estimate of drug-likeness (QED) is 0.773. The SMILES string of the molecule is CCOc1cc2c(cc1OC)=C(c1cnc(N(C)C)nc1)N[C@@H]1CC[C@@H](O)CC=21. The molecular weight excluding hydrogens is 368 g/mol.